The first kappa shape index (κ1) is 13.7. The van der Waals surface area contributed by atoms with Gasteiger partial charge in [0.1, 0.15) is 16.8 Å². The van der Waals surface area contributed by atoms with Crippen molar-refractivity contribution in [2.24, 2.45) is 5.92 Å². The van der Waals surface area contributed by atoms with Gasteiger partial charge >= 0.3 is 0 Å². The van der Waals surface area contributed by atoms with Crippen molar-refractivity contribution in [2.45, 2.75) is 27.7 Å². The Kier molecular flexibility index (Phi) is 4.71. The summed E-state index contributed by atoms with van der Waals surface area (Å²) in [5.41, 5.74) is 0.865. The molecule has 0 saturated carbocycles. The molecule has 0 N–H and O–H groups in total. The normalized spacial score (nSPS) is 12.0. The van der Waals surface area contributed by atoms with E-state index in [1.807, 2.05) is 27.7 Å². The predicted molar refractivity (Wildman–Crippen MR) is 69.2 cm³/mol. The average molecular weight is 253 g/mol. The quantitative estimate of drug-likeness (QED) is 0.774. The smallest absolute Gasteiger partial charge is 0.137 e. The molecule has 0 spiro atoms. The fourth-order valence-corrected chi connectivity index (χ4v) is 1.83. The SMILES string of the molecule is CCN(CC(C)C#N)c1nc(C)nc(Cl)c1C. The molecule has 0 bridgehead atoms. The molecule has 17 heavy (non-hydrogen) atoms. The highest BCUT2D eigenvalue weighted by atomic mass is 35.5. The number of anilines is 1. The average Bonchev–Trinajstić information content (AvgIpc) is 2.30. The molecule has 0 aliphatic rings. The summed E-state index contributed by atoms with van der Waals surface area (Å²) in [5.74, 6) is 1.44. The summed E-state index contributed by atoms with van der Waals surface area (Å²) in [5, 5.41) is 9.35. The second-order valence-corrected chi connectivity index (χ2v) is 4.44. The van der Waals surface area contributed by atoms with E-state index in [0.717, 1.165) is 17.9 Å². The van der Waals surface area contributed by atoms with Crippen molar-refractivity contribution in [1.82, 2.24) is 9.97 Å². The van der Waals surface area contributed by atoms with Crippen molar-refractivity contribution in [1.29, 1.82) is 5.26 Å². The molecule has 0 saturated heterocycles. The summed E-state index contributed by atoms with van der Waals surface area (Å²) in [6.07, 6.45) is 0. The summed E-state index contributed by atoms with van der Waals surface area (Å²) in [4.78, 5) is 10.6. The Balaban J connectivity index is 3.08. The van der Waals surface area contributed by atoms with Crippen LogP contribution >= 0.6 is 11.6 Å². The molecular weight excluding hydrogens is 236 g/mol. The van der Waals surface area contributed by atoms with E-state index in [-0.39, 0.29) is 5.92 Å². The molecule has 1 aromatic rings. The fourth-order valence-electron chi connectivity index (χ4n) is 1.62. The first-order valence-corrected chi connectivity index (χ1v) is 6.02. The lowest BCUT2D eigenvalue weighted by Gasteiger charge is -2.25. The Morgan fingerprint density at radius 2 is 2.06 bits per heavy atom. The van der Waals surface area contributed by atoms with Crippen molar-refractivity contribution in [3.8, 4) is 6.07 Å². The molecule has 5 heteroatoms. The second kappa shape index (κ2) is 5.83. The molecule has 1 atom stereocenters. The number of halogens is 1. The van der Waals surface area contributed by atoms with Crippen LogP contribution in [0.25, 0.3) is 0 Å². The van der Waals surface area contributed by atoms with Crippen molar-refractivity contribution >= 4 is 17.4 Å². The summed E-state index contributed by atoms with van der Waals surface area (Å²) in [6, 6.07) is 2.23. The fraction of sp³-hybridized carbons (Fsp3) is 0.583. The van der Waals surface area contributed by atoms with Gasteiger partial charge in [0.05, 0.1) is 12.0 Å². The van der Waals surface area contributed by atoms with E-state index >= 15 is 0 Å². The van der Waals surface area contributed by atoms with E-state index in [9.17, 15) is 0 Å². The highest BCUT2D eigenvalue weighted by Crippen LogP contribution is 2.23. The van der Waals surface area contributed by atoms with E-state index in [0.29, 0.717) is 17.5 Å². The number of nitriles is 1. The van der Waals surface area contributed by atoms with Gasteiger partial charge in [0.2, 0.25) is 0 Å². The first-order valence-electron chi connectivity index (χ1n) is 5.64. The number of rotatable bonds is 4. The zero-order valence-electron chi connectivity index (χ0n) is 10.7. The van der Waals surface area contributed by atoms with Crippen molar-refractivity contribution in [2.75, 3.05) is 18.0 Å². The molecule has 1 unspecified atom stereocenters. The van der Waals surface area contributed by atoms with Gasteiger partial charge in [-0.05, 0) is 27.7 Å². The maximum Gasteiger partial charge on any atom is 0.137 e. The number of aromatic nitrogens is 2. The Morgan fingerprint density at radius 1 is 1.41 bits per heavy atom. The van der Waals surface area contributed by atoms with E-state index in [1.165, 1.54) is 0 Å². The van der Waals surface area contributed by atoms with Crippen LogP contribution in [-0.4, -0.2) is 23.1 Å². The Hall–Kier alpha value is -1.34. The maximum atomic E-state index is 8.87. The van der Waals surface area contributed by atoms with Gasteiger partial charge in [-0.1, -0.05) is 11.6 Å². The Morgan fingerprint density at radius 3 is 2.59 bits per heavy atom. The van der Waals surface area contributed by atoms with Gasteiger partial charge < -0.3 is 4.90 Å². The molecule has 0 fully saturated rings. The number of aryl methyl sites for hydroxylation is 1. The molecule has 1 heterocycles. The highest BCUT2D eigenvalue weighted by Gasteiger charge is 2.15. The van der Waals surface area contributed by atoms with Gasteiger partial charge in [0.15, 0.2) is 0 Å². The molecule has 0 aliphatic heterocycles. The molecule has 1 aromatic heterocycles. The lowest BCUT2D eigenvalue weighted by Crippen LogP contribution is -2.29. The predicted octanol–water partition coefficient (Wildman–Crippen LogP) is 2.73. The summed E-state index contributed by atoms with van der Waals surface area (Å²) in [6.45, 7) is 9.09. The lowest BCUT2D eigenvalue weighted by atomic mass is 10.2. The minimum absolute atomic E-state index is 0.0385. The van der Waals surface area contributed by atoms with Crippen LogP contribution < -0.4 is 4.90 Å². The van der Waals surface area contributed by atoms with Gasteiger partial charge in [0, 0.05) is 18.7 Å². The van der Waals surface area contributed by atoms with Crippen LogP contribution in [0.4, 0.5) is 5.82 Å². The van der Waals surface area contributed by atoms with Gasteiger partial charge in [-0.2, -0.15) is 5.26 Å². The van der Waals surface area contributed by atoms with Crippen LogP contribution in [0, 0.1) is 31.1 Å². The van der Waals surface area contributed by atoms with Crippen molar-refractivity contribution in [3.05, 3.63) is 16.5 Å². The summed E-state index contributed by atoms with van der Waals surface area (Å²) < 4.78 is 0. The van der Waals surface area contributed by atoms with E-state index in [4.69, 9.17) is 16.9 Å². The Bertz CT molecular complexity index is 439. The largest absolute Gasteiger partial charge is 0.355 e. The number of hydrogen-bond donors (Lipinski definition) is 0. The van der Waals surface area contributed by atoms with E-state index in [2.05, 4.69) is 20.9 Å². The van der Waals surface area contributed by atoms with Crippen LogP contribution in [0.1, 0.15) is 25.2 Å². The molecule has 0 aliphatic carbocycles. The molecule has 0 amide bonds. The summed E-state index contributed by atoms with van der Waals surface area (Å²) in [7, 11) is 0. The molecule has 92 valence electrons. The maximum absolute atomic E-state index is 8.87. The lowest BCUT2D eigenvalue weighted by molar-refractivity contribution is 0.675. The molecule has 0 aromatic carbocycles. The zero-order valence-corrected chi connectivity index (χ0v) is 11.4. The first-order chi connectivity index (χ1) is 7.99. The second-order valence-electron chi connectivity index (χ2n) is 4.08. The molecule has 4 nitrogen and oxygen atoms in total. The van der Waals surface area contributed by atoms with Crippen LogP contribution in [0.5, 0.6) is 0 Å². The molecule has 0 radical (unpaired) electrons. The minimum atomic E-state index is -0.0385. The monoisotopic (exact) mass is 252 g/mol. The topological polar surface area (TPSA) is 52.8 Å². The van der Waals surface area contributed by atoms with Crippen LogP contribution in [0.3, 0.4) is 0 Å². The highest BCUT2D eigenvalue weighted by molar-refractivity contribution is 6.30. The van der Waals surface area contributed by atoms with Gasteiger partial charge in [-0.3, -0.25) is 0 Å². The third-order valence-corrected chi connectivity index (χ3v) is 2.94. The third-order valence-electron chi connectivity index (χ3n) is 2.57. The van der Waals surface area contributed by atoms with Crippen LogP contribution in [-0.2, 0) is 0 Å². The number of hydrogen-bond acceptors (Lipinski definition) is 4. The Labute approximate surface area is 107 Å². The van der Waals surface area contributed by atoms with E-state index < -0.39 is 0 Å². The molecular formula is C12H17ClN4. The molecule has 1 rings (SSSR count). The van der Waals surface area contributed by atoms with Gasteiger partial charge in [-0.25, -0.2) is 9.97 Å². The van der Waals surface area contributed by atoms with Crippen molar-refractivity contribution in [3.63, 3.8) is 0 Å². The summed E-state index contributed by atoms with van der Waals surface area (Å²) >= 11 is 6.05. The van der Waals surface area contributed by atoms with Crippen LogP contribution in [0.15, 0.2) is 0 Å². The van der Waals surface area contributed by atoms with Crippen molar-refractivity contribution < 1.29 is 0 Å². The van der Waals surface area contributed by atoms with Crippen LogP contribution in [0.2, 0.25) is 5.15 Å². The minimum Gasteiger partial charge on any atom is -0.355 e. The van der Waals surface area contributed by atoms with Gasteiger partial charge in [-0.15, -0.1) is 0 Å². The van der Waals surface area contributed by atoms with Gasteiger partial charge in [0.25, 0.3) is 0 Å². The number of nitrogens with zero attached hydrogens (tertiary/aromatic N) is 4. The standard InChI is InChI=1S/C12H17ClN4/c1-5-17(7-8(2)6-14)12-9(3)11(13)15-10(4)16-12/h8H,5,7H2,1-4H3. The van der Waals surface area contributed by atoms with E-state index in [1.54, 1.807) is 0 Å². The zero-order chi connectivity index (χ0) is 13.0. The third kappa shape index (κ3) is 3.31.